The second-order valence-corrected chi connectivity index (χ2v) is 4.34. The summed E-state index contributed by atoms with van der Waals surface area (Å²) in [6.45, 7) is 1.94. The lowest BCUT2D eigenvalue weighted by Gasteiger charge is -2.02. The van der Waals surface area contributed by atoms with E-state index >= 15 is 0 Å². The third kappa shape index (κ3) is 2.91. The fraction of sp³-hybridized carbons (Fsp3) is 0.182. The number of aromatic nitrogens is 3. The minimum Gasteiger partial charge on any atom is -0.319 e. The first-order valence-electron chi connectivity index (χ1n) is 5.17. The van der Waals surface area contributed by atoms with Crippen molar-refractivity contribution in [1.82, 2.24) is 15.2 Å². The highest BCUT2D eigenvalue weighted by Crippen LogP contribution is 2.15. The van der Waals surface area contributed by atoms with Crippen LogP contribution in [0, 0.1) is 0 Å². The summed E-state index contributed by atoms with van der Waals surface area (Å²) in [5.74, 6) is 0.533. The first kappa shape index (κ1) is 11.8. The maximum Gasteiger partial charge on any atom is 0.295 e. The van der Waals surface area contributed by atoms with Crippen LogP contribution in [0.1, 0.15) is 23.4 Å². The number of H-pyrrole nitrogens is 1. The number of hydrogen-bond donors (Lipinski definition) is 2. The van der Waals surface area contributed by atoms with Gasteiger partial charge in [0.15, 0.2) is 0 Å². The molecule has 0 fully saturated rings. The number of nitrogens with one attached hydrogen (secondary N) is 2. The second kappa shape index (κ2) is 5.09. The normalized spacial score (nSPS) is 10.2. The molecule has 0 saturated carbocycles. The lowest BCUT2D eigenvalue weighted by Crippen LogP contribution is -2.13. The highest BCUT2D eigenvalue weighted by atomic mass is 79.9. The zero-order valence-corrected chi connectivity index (χ0v) is 10.8. The van der Waals surface area contributed by atoms with E-state index in [9.17, 15) is 4.79 Å². The van der Waals surface area contributed by atoms with E-state index in [1.165, 1.54) is 0 Å². The molecule has 2 aromatic rings. The molecular formula is C11H11BrN4O. The Labute approximate surface area is 107 Å². The Balaban J connectivity index is 2.11. The highest BCUT2D eigenvalue weighted by molar-refractivity contribution is 9.10. The van der Waals surface area contributed by atoms with Gasteiger partial charge in [0.1, 0.15) is 5.82 Å². The second-order valence-electron chi connectivity index (χ2n) is 3.42. The van der Waals surface area contributed by atoms with Gasteiger partial charge in [0.2, 0.25) is 5.82 Å². The van der Waals surface area contributed by atoms with Crippen LogP contribution in [0.25, 0.3) is 0 Å². The van der Waals surface area contributed by atoms with Gasteiger partial charge >= 0.3 is 0 Å². The largest absolute Gasteiger partial charge is 0.319 e. The van der Waals surface area contributed by atoms with E-state index in [1.807, 2.05) is 25.1 Å². The minimum atomic E-state index is -0.320. The summed E-state index contributed by atoms with van der Waals surface area (Å²) >= 11 is 3.33. The highest BCUT2D eigenvalue weighted by Gasteiger charge is 2.11. The molecule has 1 amide bonds. The molecule has 0 radical (unpaired) electrons. The first-order valence-corrected chi connectivity index (χ1v) is 5.96. The van der Waals surface area contributed by atoms with Gasteiger partial charge in [-0.05, 0) is 18.2 Å². The molecular weight excluding hydrogens is 284 g/mol. The Morgan fingerprint density at radius 3 is 3.00 bits per heavy atom. The summed E-state index contributed by atoms with van der Waals surface area (Å²) in [4.78, 5) is 15.8. The number of hydrogen-bond acceptors (Lipinski definition) is 3. The van der Waals surface area contributed by atoms with Gasteiger partial charge < -0.3 is 5.32 Å². The molecule has 1 heterocycles. The number of halogens is 1. The van der Waals surface area contributed by atoms with Crippen LogP contribution in [0.2, 0.25) is 0 Å². The topological polar surface area (TPSA) is 70.7 Å². The SMILES string of the molecule is CCc1nc(C(=O)Nc2cccc(Br)c2)n[nH]1. The van der Waals surface area contributed by atoms with E-state index in [4.69, 9.17) is 0 Å². The molecule has 2 rings (SSSR count). The number of amides is 1. The fourth-order valence-electron chi connectivity index (χ4n) is 1.31. The van der Waals surface area contributed by atoms with E-state index < -0.39 is 0 Å². The Kier molecular flexibility index (Phi) is 3.53. The lowest BCUT2D eigenvalue weighted by atomic mass is 10.3. The minimum absolute atomic E-state index is 0.154. The maximum absolute atomic E-state index is 11.8. The number of benzene rings is 1. The molecule has 0 aliphatic rings. The number of anilines is 1. The predicted molar refractivity (Wildman–Crippen MR) is 67.9 cm³/mol. The van der Waals surface area contributed by atoms with Crippen molar-refractivity contribution in [2.75, 3.05) is 5.32 Å². The summed E-state index contributed by atoms with van der Waals surface area (Å²) < 4.78 is 0.902. The molecule has 0 aliphatic carbocycles. The summed E-state index contributed by atoms with van der Waals surface area (Å²) in [6.07, 6.45) is 0.719. The van der Waals surface area contributed by atoms with Crippen molar-refractivity contribution in [3.63, 3.8) is 0 Å². The standard InChI is InChI=1S/C11H11BrN4O/c1-2-9-14-10(16-15-9)11(17)13-8-5-3-4-7(12)6-8/h3-6H,2H2,1H3,(H,13,17)(H,14,15,16). The third-order valence-corrected chi connectivity index (χ3v) is 2.65. The predicted octanol–water partition coefficient (Wildman–Crippen LogP) is 2.38. The molecule has 5 nitrogen and oxygen atoms in total. The van der Waals surface area contributed by atoms with E-state index in [1.54, 1.807) is 6.07 Å². The summed E-state index contributed by atoms with van der Waals surface area (Å²) in [6, 6.07) is 7.34. The zero-order valence-electron chi connectivity index (χ0n) is 9.20. The average Bonchev–Trinajstić information content (AvgIpc) is 2.77. The van der Waals surface area contributed by atoms with Crippen LogP contribution in [0.15, 0.2) is 28.7 Å². The van der Waals surface area contributed by atoms with E-state index in [2.05, 4.69) is 36.4 Å². The zero-order chi connectivity index (χ0) is 12.3. The summed E-state index contributed by atoms with van der Waals surface area (Å²) in [5.41, 5.74) is 0.701. The molecule has 88 valence electrons. The Morgan fingerprint density at radius 1 is 1.53 bits per heavy atom. The number of aryl methyl sites for hydroxylation is 1. The monoisotopic (exact) mass is 294 g/mol. The number of carbonyl (C=O) groups is 1. The van der Waals surface area contributed by atoms with Crippen molar-refractivity contribution in [2.45, 2.75) is 13.3 Å². The van der Waals surface area contributed by atoms with E-state index in [0.717, 1.165) is 10.9 Å². The smallest absolute Gasteiger partial charge is 0.295 e. The molecule has 0 atom stereocenters. The number of carbonyl (C=O) groups excluding carboxylic acids is 1. The Bertz CT molecular complexity index is 538. The van der Waals surface area contributed by atoms with Crippen molar-refractivity contribution in [3.8, 4) is 0 Å². The van der Waals surface area contributed by atoms with Crippen molar-refractivity contribution < 1.29 is 4.79 Å². The fourth-order valence-corrected chi connectivity index (χ4v) is 1.71. The van der Waals surface area contributed by atoms with Crippen LogP contribution in [-0.4, -0.2) is 21.1 Å². The molecule has 2 N–H and O–H groups in total. The number of rotatable bonds is 3. The Morgan fingerprint density at radius 2 is 2.35 bits per heavy atom. The quantitative estimate of drug-likeness (QED) is 0.913. The van der Waals surface area contributed by atoms with Crippen molar-refractivity contribution in [2.24, 2.45) is 0 Å². The van der Waals surface area contributed by atoms with Crippen LogP contribution in [0.3, 0.4) is 0 Å². The van der Waals surface area contributed by atoms with Gasteiger partial charge in [0, 0.05) is 16.6 Å². The first-order chi connectivity index (χ1) is 8.19. The molecule has 1 aromatic heterocycles. The van der Waals surface area contributed by atoms with Crippen molar-refractivity contribution >= 4 is 27.5 Å². The Hall–Kier alpha value is -1.69. The molecule has 17 heavy (non-hydrogen) atoms. The van der Waals surface area contributed by atoms with E-state index in [-0.39, 0.29) is 11.7 Å². The van der Waals surface area contributed by atoms with Gasteiger partial charge in [-0.2, -0.15) is 0 Å². The molecule has 1 aromatic carbocycles. The molecule has 0 unspecified atom stereocenters. The van der Waals surface area contributed by atoms with Crippen LogP contribution < -0.4 is 5.32 Å². The average molecular weight is 295 g/mol. The summed E-state index contributed by atoms with van der Waals surface area (Å²) in [7, 11) is 0. The summed E-state index contributed by atoms with van der Waals surface area (Å²) in [5, 5.41) is 9.27. The van der Waals surface area contributed by atoms with Gasteiger partial charge in [-0.3, -0.25) is 9.89 Å². The molecule has 0 bridgehead atoms. The van der Waals surface area contributed by atoms with Crippen LogP contribution in [0.5, 0.6) is 0 Å². The number of nitrogens with zero attached hydrogens (tertiary/aromatic N) is 2. The van der Waals surface area contributed by atoms with Crippen LogP contribution in [0.4, 0.5) is 5.69 Å². The van der Waals surface area contributed by atoms with Gasteiger partial charge in [-0.25, -0.2) is 4.98 Å². The maximum atomic E-state index is 11.8. The number of aromatic amines is 1. The van der Waals surface area contributed by atoms with Crippen molar-refractivity contribution in [3.05, 3.63) is 40.4 Å². The molecule has 6 heteroatoms. The molecule has 0 spiro atoms. The van der Waals surface area contributed by atoms with Gasteiger partial charge in [0.05, 0.1) is 0 Å². The van der Waals surface area contributed by atoms with Crippen molar-refractivity contribution in [1.29, 1.82) is 0 Å². The molecule has 0 saturated heterocycles. The van der Waals surface area contributed by atoms with Crippen LogP contribution in [-0.2, 0) is 6.42 Å². The van der Waals surface area contributed by atoms with Crippen LogP contribution >= 0.6 is 15.9 Å². The van der Waals surface area contributed by atoms with Gasteiger partial charge in [-0.15, -0.1) is 5.10 Å². The van der Waals surface area contributed by atoms with E-state index in [0.29, 0.717) is 11.5 Å². The van der Waals surface area contributed by atoms with Gasteiger partial charge in [-0.1, -0.05) is 28.9 Å². The van der Waals surface area contributed by atoms with Gasteiger partial charge in [0.25, 0.3) is 5.91 Å². The third-order valence-electron chi connectivity index (χ3n) is 2.15. The lowest BCUT2D eigenvalue weighted by molar-refractivity contribution is 0.101. The molecule has 0 aliphatic heterocycles.